The van der Waals surface area contributed by atoms with Gasteiger partial charge in [0.15, 0.2) is 5.12 Å². The van der Waals surface area contributed by atoms with Crippen LogP contribution >= 0.6 is 11.8 Å². The summed E-state index contributed by atoms with van der Waals surface area (Å²) < 4.78 is 0.168. The van der Waals surface area contributed by atoms with Crippen molar-refractivity contribution >= 4 is 16.9 Å². The lowest BCUT2D eigenvalue weighted by Crippen LogP contribution is -2.24. The van der Waals surface area contributed by atoms with Crippen LogP contribution in [-0.4, -0.2) is 9.86 Å². The van der Waals surface area contributed by atoms with E-state index in [1.807, 2.05) is 0 Å². The standard InChI is InChI=1S/C15H30OS/c1-6-9-10-13(4)14(16)17-15(5,11-7-2)12-8-3/h13H,6-12H2,1-5H3. The van der Waals surface area contributed by atoms with Crippen LogP contribution in [0.4, 0.5) is 0 Å². The molecule has 0 aromatic rings. The molecule has 1 nitrogen and oxygen atoms in total. The fourth-order valence-corrected chi connectivity index (χ4v) is 3.67. The van der Waals surface area contributed by atoms with E-state index in [2.05, 4.69) is 34.6 Å². The number of thioether (sulfide) groups is 1. The zero-order valence-electron chi connectivity index (χ0n) is 12.3. The maximum atomic E-state index is 12.2. The van der Waals surface area contributed by atoms with Crippen LogP contribution in [-0.2, 0) is 4.79 Å². The molecule has 0 spiro atoms. The predicted molar refractivity (Wildman–Crippen MR) is 79.5 cm³/mol. The Bertz CT molecular complexity index is 207. The van der Waals surface area contributed by atoms with Crippen LogP contribution in [0.25, 0.3) is 0 Å². The first-order valence-electron chi connectivity index (χ1n) is 7.22. The Hall–Kier alpha value is 0.0200. The second kappa shape index (κ2) is 9.02. The van der Waals surface area contributed by atoms with Gasteiger partial charge in [0.25, 0.3) is 0 Å². The summed E-state index contributed by atoms with van der Waals surface area (Å²) in [6.07, 6.45) is 8.04. The molecule has 2 heteroatoms. The number of unbranched alkanes of at least 4 members (excludes halogenated alkanes) is 1. The summed E-state index contributed by atoms with van der Waals surface area (Å²) >= 11 is 1.62. The SMILES string of the molecule is CCCCC(C)C(=O)SC(C)(CCC)CCC. The molecule has 0 aliphatic carbocycles. The highest BCUT2D eigenvalue weighted by Crippen LogP contribution is 2.37. The molecule has 0 fully saturated rings. The average Bonchev–Trinajstić information content (AvgIpc) is 2.26. The van der Waals surface area contributed by atoms with Crippen molar-refractivity contribution in [3.05, 3.63) is 0 Å². The van der Waals surface area contributed by atoms with Crippen LogP contribution in [0.15, 0.2) is 0 Å². The topological polar surface area (TPSA) is 17.1 Å². The van der Waals surface area contributed by atoms with E-state index in [9.17, 15) is 4.79 Å². The molecule has 0 aromatic carbocycles. The third-order valence-electron chi connectivity index (χ3n) is 3.30. The number of carbonyl (C=O) groups excluding carboxylic acids is 1. The third kappa shape index (κ3) is 7.13. The van der Waals surface area contributed by atoms with Crippen LogP contribution in [0.2, 0.25) is 0 Å². The second-order valence-corrected chi connectivity index (χ2v) is 7.01. The lowest BCUT2D eigenvalue weighted by molar-refractivity contribution is -0.114. The zero-order chi connectivity index (χ0) is 13.3. The van der Waals surface area contributed by atoms with Crippen molar-refractivity contribution in [3.8, 4) is 0 Å². The minimum absolute atomic E-state index is 0.168. The molecule has 1 unspecified atom stereocenters. The highest BCUT2D eigenvalue weighted by Gasteiger charge is 2.28. The van der Waals surface area contributed by atoms with E-state index < -0.39 is 0 Å². The van der Waals surface area contributed by atoms with Gasteiger partial charge >= 0.3 is 0 Å². The molecule has 0 radical (unpaired) electrons. The van der Waals surface area contributed by atoms with Crippen molar-refractivity contribution in [1.29, 1.82) is 0 Å². The van der Waals surface area contributed by atoms with Crippen molar-refractivity contribution in [1.82, 2.24) is 0 Å². The Morgan fingerprint density at radius 3 is 2.06 bits per heavy atom. The van der Waals surface area contributed by atoms with E-state index >= 15 is 0 Å². The van der Waals surface area contributed by atoms with Crippen molar-refractivity contribution < 1.29 is 4.79 Å². The minimum atomic E-state index is 0.168. The van der Waals surface area contributed by atoms with Gasteiger partial charge in [0, 0.05) is 10.7 Å². The highest BCUT2D eigenvalue weighted by atomic mass is 32.2. The molecule has 0 amide bonds. The summed E-state index contributed by atoms with van der Waals surface area (Å²) in [7, 11) is 0. The van der Waals surface area contributed by atoms with Crippen LogP contribution in [0.5, 0.6) is 0 Å². The van der Waals surface area contributed by atoms with Crippen LogP contribution < -0.4 is 0 Å². The molecule has 0 aromatic heterocycles. The Balaban J connectivity index is 4.28. The molecule has 0 bridgehead atoms. The van der Waals surface area contributed by atoms with Gasteiger partial charge in [0.05, 0.1) is 0 Å². The van der Waals surface area contributed by atoms with Crippen molar-refractivity contribution in [2.45, 2.75) is 84.3 Å². The first-order valence-corrected chi connectivity index (χ1v) is 8.03. The van der Waals surface area contributed by atoms with Gasteiger partial charge in [-0.25, -0.2) is 0 Å². The first kappa shape index (κ1) is 17.0. The fraction of sp³-hybridized carbons (Fsp3) is 0.933. The molecule has 0 saturated carbocycles. The molecule has 0 heterocycles. The molecule has 17 heavy (non-hydrogen) atoms. The summed E-state index contributed by atoms with van der Waals surface area (Å²) in [4.78, 5) is 12.2. The molecular weight excluding hydrogens is 228 g/mol. The van der Waals surface area contributed by atoms with Crippen molar-refractivity contribution in [3.63, 3.8) is 0 Å². The van der Waals surface area contributed by atoms with Gasteiger partial charge in [-0.1, -0.05) is 65.1 Å². The summed E-state index contributed by atoms with van der Waals surface area (Å²) in [6.45, 7) is 10.9. The highest BCUT2D eigenvalue weighted by molar-refractivity contribution is 8.14. The Morgan fingerprint density at radius 2 is 1.65 bits per heavy atom. The van der Waals surface area contributed by atoms with Crippen molar-refractivity contribution in [2.24, 2.45) is 5.92 Å². The minimum Gasteiger partial charge on any atom is -0.287 e. The molecule has 1 atom stereocenters. The Labute approximate surface area is 112 Å². The van der Waals surface area contributed by atoms with E-state index in [0.717, 1.165) is 19.3 Å². The van der Waals surface area contributed by atoms with Gasteiger partial charge in [0.1, 0.15) is 0 Å². The summed E-state index contributed by atoms with van der Waals surface area (Å²) in [6, 6.07) is 0. The van der Waals surface area contributed by atoms with E-state index in [-0.39, 0.29) is 10.7 Å². The maximum absolute atomic E-state index is 12.2. The van der Waals surface area contributed by atoms with Gasteiger partial charge in [-0.3, -0.25) is 4.79 Å². The number of rotatable bonds is 9. The number of hydrogen-bond acceptors (Lipinski definition) is 2. The smallest absolute Gasteiger partial charge is 0.192 e. The molecule has 0 saturated heterocycles. The predicted octanol–water partition coefficient (Wildman–Crippen LogP) is 5.43. The number of hydrogen-bond donors (Lipinski definition) is 0. The molecule has 0 rings (SSSR count). The Kier molecular flexibility index (Phi) is 9.03. The zero-order valence-corrected chi connectivity index (χ0v) is 13.2. The van der Waals surface area contributed by atoms with Crippen molar-refractivity contribution in [2.75, 3.05) is 0 Å². The molecule has 0 aliphatic heterocycles. The molecular formula is C15H30OS. The number of carbonyl (C=O) groups is 1. The van der Waals surface area contributed by atoms with E-state index in [4.69, 9.17) is 0 Å². The maximum Gasteiger partial charge on any atom is 0.192 e. The van der Waals surface area contributed by atoms with Gasteiger partial charge in [-0.05, 0) is 26.2 Å². The van der Waals surface area contributed by atoms with E-state index in [0.29, 0.717) is 5.12 Å². The molecule has 0 N–H and O–H groups in total. The van der Waals surface area contributed by atoms with Gasteiger partial charge in [0.2, 0.25) is 0 Å². The summed E-state index contributed by atoms with van der Waals surface area (Å²) in [5.41, 5.74) is 0. The van der Waals surface area contributed by atoms with E-state index in [1.165, 1.54) is 25.7 Å². The molecule has 0 aliphatic rings. The van der Waals surface area contributed by atoms with Crippen LogP contribution in [0.3, 0.4) is 0 Å². The third-order valence-corrected chi connectivity index (χ3v) is 4.80. The second-order valence-electron chi connectivity index (χ2n) is 5.41. The lowest BCUT2D eigenvalue weighted by Gasteiger charge is -2.28. The Morgan fingerprint density at radius 1 is 1.12 bits per heavy atom. The van der Waals surface area contributed by atoms with Crippen LogP contribution in [0.1, 0.15) is 79.6 Å². The van der Waals surface area contributed by atoms with Gasteiger partial charge in [-0.2, -0.15) is 0 Å². The van der Waals surface area contributed by atoms with Gasteiger partial charge in [-0.15, -0.1) is 0 Å². The first-order chi connectivity index (χ1) is 7.99. The molecule has 102 valence electrons. The summed E-state index contributed by atoms with van der Waals surface area (Å²) in [5, 5.41) is 0.405. The largest absolute Gasteiger partial charge is 0.287 e. The van der Waals surface area contributed by atoms with Gasteiger partial charge < -0.3 is 0 Å². The average molecular weight is 258 g/mol. The normalized spacial score (nSPS) is 13.7. The van der Waals surface area contributed by atoms with E-state index in [1.54, 1.807) is 11.8 Å². The lowest BCUT2D eigenvalue weighted by atomic mass is 10.00. The van der Waals surface area contributed by atoms with Crippen LogP contribution in [0, 0.1) is 5.92 Å². The fourth-order valence-electron chi connectivity index (χ4n) is 2.26. The quantitative estimate of drug-likeness (QED) is 0.548. The summed E-state index contributed by atoms with van der Waals surface area (Å²) in [5.74, 6) is 0.230. The monoisotopic (exact) mass is 258 g/mol.